The Morgan fingerprint density at radius 1 is 1.25 bits per heavy atom. The van der Waals surface area contributed by atoms with E-state index in [2.05, 4.69) is 31.0 Å². The van der Waals surface area contributed by atoms with Crippen molar-refractivity contribution in [3.05, 3.63) is 0 Å². The van der Waals surface area contributed by atoms with Gasteiger partial charge in [0.25, 0.3) is 0 Å². The maximum Gasteiger partial charge on any atom is 0.0192 e. The fourth-order valence-corrected chi connectivity index (χ4v) is 2.81. The number of nitrogens with zero attached hydrogens (tertiary/aromatic N) is 1. The molecule has 2 atom stereocenters. The number of nitrogens with one attached hydrogen (secondary N) is 1. The molecule has 1 fully saturated rings. The maximum atomic E-state index is 3.46. The van der Waals surface area contributed by atoms with Gasteiger partial charge in [-0.1, -0.05) is 26.7 Å². The molecular weight excluding hydrogens is 196 g/mol. The predicted octanol–water partition coefficient (Wildman–Crippen LogP) is 2.89. The van der Waals surface area contributed by atoms with Crippen molar-refractivity contribution in [2.24, 2.45) is 5.92 Å². The van der Waals surface area contributed by atoms with E-state index in [0.29, 0.717) is 6.04 Å². The van der Waals surface area contributed by atoms with Gasteiger partial charge in [-0.3, -0.25) is 4.90 Å². The first-order chi connectivity index (χ1) is 7.77. The van der Waals surface area contributed by atoms with Crippen LogP contribution < -0.4 is 5.32 Å². The Kier molecular flexibility index (Phi) is 7.06. The second-order valence-electron chi connectivity index (χ2n) is 5.28. The molecule has 1 rings (SSSR count). The molecule has 1 aliphatic rings. The summed E-state index contributed by atoms with van der Waals surface area (Å²) >= 11 is 0. The Bertz CT molecular complexity index is 170. The van der Waals surface area contributed by atoms with Crippen LogP contribution in [0, 0.1) is 5.92 Å². The lowest BCUT2D eigenvalue weighted by Crippen LogP contribution is -2.40. The van der Waals surface area contributed by atoms with E-state index < -0.39 is 0 Å². The van der Waals surface area contributed by atoms with Crippen molar-refractivity contribution in [3.63, 3.8) is 0 Å². The zero-order valence-corrected chi connectivity index (χ0v) is 11.5. The predicted molar refractivity (Wildman–Crippen MR) is 71.8 cm³/mol. The van der Waals surface area contributed by atoms with Crippen molar-refractivity contribution >= 4 is 0 Å². The standard InChI is InChI=1S/C14H30N2/c1-4-7-14-8-6-10-16(11-9-14)13(3)12-15-5-2/h13-15H,4-12H2,1-3H3. The molecule has 0 aromatic carbocycles. The lowest BCUT2D eigenvalue weighted by molar-refractivity contribution is 0.209. The highest BCUT2D eigenvalue weighted by atomic mass is 15.2. The van der Waals surface area contributed by atoms with Crippen molar-refractivity contribution in [2.45, 2.75) is 58.9 Å². The van der Waals surface area contributed by atoms with Crippen LogP contribution >= 0.6 is 0 Å². The minimum Gasteiger partial charge on any atom is -0.315 e. The number of likely N-dealkylation sites (tertiary alicyclic amines) is 1. The molecule has 1 saturated heterocycles. The van der Waals surface area contributed by atoms with Gasteiger partial charge in [-0.15, -0.1) is 0 Å². The van der Waals surface area contributed by atoms with Crippen molar-refractivity contribution in [1.29, 1.82) is 0 Å². The van der Waals surface area contributed by atoms with Crippen LogP contribution in [0.25, 0.3) is 0 Å². The van der Waals surface area contributed by atoms with Gasteiger partial charge >= 0.3 is 0 Å². The number of hydrogen-bond acceptors (Lipinski definition) is 2. The summed E-state index contributed by atoms with van der Waals surface area (Å²) in [4.78, 5) is 2.68. The third-order valence-corrected chi connectivity index (χ3v) is 3.89. The van der Waals surface area contributed by atoms with E-state index in [1.165, 1.54) is 45.2 Å². The molecule has 2 heteroatoms. The second-order valence-corrected chi connectivity index (χ2v) is 5.28. The summed E-state index contributed by atoms with van der Waals surface area (Å²) in [6.45, 7) is 11.7. The van der Waals surface area contributed by atoms with Gasteiger partial charge in [-0.2, -0.15) is 0 Å². The zero-order chi connectivity index (χ0) is 11.8. The topological polar surface area (TPSA) is 15.3 Å². The molecular formula is C14H30N2. The van der Waals surface area contributed by atoms with Gasteiger partial charge in [-0.05, 0) is 51.7 Å². The first-order valence-electron chi connectivity index (χ1n) is 7.22. The molecule has 1 heterocycles. The molecule has 2 unspecified atom stereocenters. The Balaban J connectivity index is 2.28. The highest BCUT2D eigenvalue weighted by Gasteiger charge is 2.19. The number of hydrogen-bond donors (Lipinski definition) is 1. The quantitative estimate of drug-likeness (QED) is 0.749. The Hall–Kier alpha value is -0.0800. The summed E-state index contributed by atoms with van der Waals surface area (Å²) in [5.41, 5.74) is 0. The molecule has 0 bridgehead atoms. The third kappa shape index (κ3) is 4.84. The van der Waals surface area contributed by atoms with Crippen LogP contribution in [0.2, 0.25) is 0 Å². The summed E-state index contributed by atoms with van der Waals surface area (Å²) in [6.07, 6.45) is 7.08. The van der Waals surface area contributed by atoms with Gasteiger partial charge in [0.1, 0.15) is 0 Å². The van der Waals surface area contributed by atoms with Gasteiger partial charge in [0.2, 0.25) is 0 Å². The minimum atomic E-state index is 0.709. The molecule has 0 amide bonds. The molecule has 96 valence electrons. The van der Waals surface area contributed by atoms with Crippen LogP contribution in [0.15, 0.2) is 0 Å². The smallest absolute Gasteiger partial charge is 0.0192 e. The van der Waals surface area contributed by atoms with Crippen LogP contribution in [-0.2, 0) is 0 Å². The van der Waals surface area contributed by atoms with Crippen LogP contribution in [0.4, 0.5) is 0 Å². The molecule has 0 aromatic rings. The summed E-state index contributed by atoms with van der Waals surface area (Å²) in [7, 11) is 0. The van der Waals surface area contributed by atoms with Gasteiger partial charge < -0.3 is 5.32 Å². The van der Waals surface area contributed by atoms with Crippen molar-refractivity contribution < 1.29 is 0 Å². The van der Waals surface area contributed by atoms with Crippen LogP contribution in [0.3, 0.4) is 0 Å². The van der Waals surface area contributed by atoms with E-state index in [0.717, 1.165) is 19.0 Å². The molecule has 16 heavy (non-hydrogen) atoms. The Labute approximate surface area is 102 Å². The van der Waals surface area contributed by atoms with Gasteiger partial charge in [0.05, 0.1) is 0 Å². The van der Waals surface area contributed by atoms with Gasteiger partial charge in [-0.25, -0.2) is 0 Å². The van der Waals surface area contributed by atoms with E-state index in [1.54, 1.807) is 0 Å². The van der Waals surface area contributed by atoms with Crippen LogP contribution in [0.1, 0.15) is 52.9 Å². The molecule has 0 aliphatic carbocycles. The Morgan fingerprint density at radius 2 is 2.06 bits per heavy atom. The average molecular weight is 226 g/mol. The second kappa shape index (κ2) is 8.08. The molecule has 0 spiro atoms. The van der Waals surface area contributed by atoms with Crippen molar-refractivity contribution in [1.82, 2.24) is 10.2 Å². The number of likely N-dealkylation sites (N-methyl/N-ethyl adjacent to an activating group) is 1. The van der Waals surface area contributed by atoms with Gasteiger partial charge in [0, 0.05) is 12.6 Å². The maximum absolute atomic E-state index is 3.46. The first kappa shape index (κ1) is 14.0. The highest BCUT2D eigenvalue weighted by Crippen LogP contribution is 2.22. The fraction of sp³-hybridized carbons (Fsp3) is 1.00. The van der Waals surface area contributed by atoms with Crippen molar-refractivity contribution in [2.75, 3.05) is 26.2 Å². The summed E-state index contributed by atoms with van der Waals surface area (Å²) in [6, 6.07) is 0.709. The minimum absolute atomic E-state index is 0.709. The molecule has 0 saturated carbocycles. The number of rotatable bonds is 6. The fourth-order valence-electron chi connectivity index (χ4n) is 2.81. The summed E-state index contributed by atoms with van der Waals surface area (Å²) < 4.78 is 0. The van der Waals surface area contributed by atoms with Crippen molar-refractivity contribution in [3.8, 4) is 0 Å². The van der Waals surface area contributed by atoms with E-state index in [4.69, 9.17) is 0 Å². The average Bonchev–Trinajstić information content (AvgIpc) is 2.52. The zero-order valence-electron chi connectivity index (χ0n) is 11.5. The third-order valence-electron chi connectivity index (χ3n) is 3.89. The molecule has 0 aromatic heterocycles. The molecule has 2 nitrogen and oxygen atoms in total. The largest absolute Gasteiger partial charge is 0.315 e. The van der Waals surface area contributed by atoms with E-state index in [9.17, 15) is 0 Å². The Morgan fingerprint density at radius 3 is 2.75 bits per heavy atom. The van der Waals surface area contributed by atoms with Crippen LogP contribution in [-0.4, -0.2) is 37.1 Å². The monoisotopic (exact) mass is 226 g/mol. The molecule has 1 N–H and O–H groups in total. The summed E-state index contributed by atoms with van der Waals surface area (Å²) in [5.74, 6) is 1.00. The van der Waals surface area contributed by atoms with Gasteiger partial charge in [0.15, 0.2) is 0 Å². The first-order valence-corrected chi connectivity index (χ1v) is 7.22. The normalized spacial score (nSPS) is 25.3. The van der Waals surface area contributed by atoms with E-state index >= 15 is 0 Å². The molecule has 1 aliphatic heterocycles. The van der Waals surface area contributed by atoms with Crippen LogP contribution in [0.5, 0.6) is 0 Å². The lowest BCUT2D eigenvalue weighted by Gasteiger charge is -2.27. The van der Waals surface area contributed by atoms with E-state index in [1.807, 2.05) is 0 Å². The SMILES string of the molecule is CCCC1CCCN(C(C)CNCC)CC1. The highest BCUT2D eigenvalue weighted by molar-refractivity contribution is 4.75. The molecule has 0 radical (unpaired) electrons. The van der Waals surface area contributed by atoms with E-state index in [-0.39, 0.29) is 0 Å². The lowest BCUT2D eigenvalue weighted by atomic mass is 9.96. The summed E-state index contributed by atoms with van der Waals surface area (Å²) in [5, 5.41) is 3.46.